The third kappa shape index (κ3) is 2.77. The van der Waals surface area contributed by atoms with E-state index in [0.717, 1.165) is 19.1 Å². The van der Waals surface area contributed by atoms with Crippen molar-refractivity contribution in [1.29, 1.82) is 0 Å². The van der Waals surface area contributed by atoms with Crippen LogP contribution in [0.3, 0.4) is 0 Å². The van der Waals surface area contributed by atoms with E-state index in [1.165, 1.54) is 31.2 Å². The Bertz CT molecular complexity index is 441. The van der Waals surface area contributed by atoms with Gasteiger partial charge in [0, 0.05) is 12.0 Å². The molecule has 0 aromatic heterocycles. The fourth-order valence-electron chi connectivity index (χ4n) is 3.72. The fraction of sp³-hybridized carbons (Fsp3) is 0.667. The Balaban J connectivity index is 1.86. The Morgan fingerprint density at radius 1 is 1.30 bits per heavy atom. The predicted molar refractivity (Wildman–Crippen MR) is 83.0 cm³/mol. The van der Waals surface area contributed by atoms with Gasteiger partial charge >= 0.3 is 0 Å². The number of rotatable bonds is 5. The van der Waals surface area contributed by atoms with Crippen LogP contribution in [-0.2, 0) is 4.74 Å². The summed E-state index contributed by atoms with van der Waals surface area (Å²) in [4.78, 5) is 0. The molecule has 3 rings (SSSR count). The highest BCUT2D eigenvalue weighted by molar-refractivity contribution is 5.34. The maximum absolute atomic E-state index is 5.81. The summed E-state index contributed by atoms with van der Waals surface area (Å²) in [6.07, 6.45) is 5.73. The molecule has 0 radical (unpaired) electrons. The van der Waals surface area contributed by atoms with Gasteiger partial charge in [0.25, 0.3) is 0 Å². The first kappa shape index (κ1) is 14.1. The molecule has 1 aromatic rings. The van der Waals surface area contributed by atoms with Gasteiger partial charge in [-0.2, -0.15) is 0 Å². The van der Waals surface area contributed by atoms with Gasteiger partial charge in [0.05, 0.1) is 12.7 Å². The molecule has 1 saturated carbocycles. The van der Waals surface area contributed by atoms with Crippen molar-refractivity contribution in [3.8, 4) is 0 Å². The Kier molecular flexibility index (Phi) is 4.42. The molecule has 2 aliphatic rings. The standard InChI is InChI=1S/C18H27NO/c1-3-19-18(15-11-13(2)20-12-15)17-10-5-4-9-16(17)14-7-6-8-14/h4-5,9-10,13-15,18-19H,3,6-8,11-12H2,1-2H3. The van der Waals surface area contributed by atoms with Gasteiger partial charge in [0.1, 0.15) is 0 Å². The van der Waals surface area contributed by atoms with Gasteiger partial charge in [0.15, 0.2) is 0 Å². The molecule has 2 fully saturated rings. The maximum atomic E-state index is 5.81. The van der Waals surface area contributed by atoms with Gasteiger partial charge in [-0.1, -0.05) is 37.6 Å². The van der Waals surface area contributed by atoms with E-state index in [-0.39, 0.29) is 0 Å². The summed E-state index contributed by atoms with van der Waals surface area (Å²) >= 11 is 0. The minimum absolute atomic E-state index is 0.414. The molecule has 1 saturated heterocycles. The molecule has 2 heteroatoms. The lowest BCUT2D eigenvalue weighted by Gasteiger charge is -2.32. The summed E-state index contributed by atoms with van der Waals surface area (Å²) in [6, 6.07) is 9.54. The van der Waals surface area contributed by atoms with Gasteiger partial charge in [0.2, 0.25) is 0 Å². The molecule has 1 aliphatic heterocycles. The van der Waals surface area contributed by atoms with Crippen LogP contribution >= 0.6 is 0 Å². The summed E-state index contributed by atoms with van der Waals surface area (Å²) < 4.78 is 5.81. The average Bonchev–Trinajstić information content (AvgIpc) is 2.81. The van der Waals surface area contributed by atoms with Crippen LogP contribution in [0.25, 0.3) is 0 Å². The van der Waals surface area contributed by atoms with Crippen LogP contribution in [0, 0.1) is 5.92 Å². The zero-order valence-electron chi connectivity index (χ0n) is 12.8. The van der Waals surface area contributed by atoms with Crippen molar-refractivity contribution in [2.75, 3.05) is 13.2 Å². The lowest BCUT2D eigenvalue weighted by Crippen LogP contribution is -2.30. The molecule has 0 amide bonds. The van der Waals surface area contributed by atoms with E-state index in [2.05, 4.69) is 43.4 Å². The van der Waals surface area contributed by atoms with Crippen molar-refractivity contribution in [2.45, 2.75) is 57.6 Å². The molecule has 3 unspecified atom stereocenters. The molecular formula is C18H27NO. The summed E-state index contributed by atoms with van der Waals surface area (Å²) in [5, 5.41) is 3.72. The van der Waals surface area contributed by atoms with E-state index in [4.69, 9.17) is 4.74 Å². The number of hydrogen-bond donors (Lipinski definition) is 1. The molecule has 1 aromatic carbocycles. The molecule has 110 valence electrons. The van der Waals surface area contributed by atoms with Gasteiger partial charge < -0.3 is 10.1 Å². The van der Waals surface area contributed by atoms with Crippen LogP contribution in [0.2, 0.25) is 0 Å². The normalized spacial score (nSPS) is 28.3. The zero-order chi connectivity index (χ0) is 13.9. The first-order chi connectivity index (χ1) is 9.79. The number of nitrogens with one attached hydrogen (secondary N) is 1. The van der Waals surface area contributed by atoms with Crippen LogP contribution in [-0.4, -0.2) is 19.3 Å². The third-order valence-electron chi connectivity index (χ3n) is 5.00. The smallest absolute Gasteiger partial charge is 0.0551 e. The van der Waals surface area contributed by atoms with Crippen molar-refractivity contribution in [3.63, 3.8) is 0 Å². The SMILES string of the molecule is CCNC(c1ccccc1C1CCC1)C1COC(C)C1. The second kappa shape index (κ2) is 6.28. The molecule has 1 heterocycles. The predicted octanol–water partition coefficient (Wildman–Crippen LogP) is 4.03. The highest BCUT2D eigenvalue weighted by atomic mass is 16.5. The Morgan fingerprint density at radius 2 is 2.10 bits per heavy atom. The summed E-state index contributed by atoms with van der Waals surface area (Å²) in [5.74, 6) is 1.42. The fourth-order valence-corrected chi connectivity index (χ4v) is 3.72. The van der Waals surface area contributed by atoms with Crippen molar-refractivity contribution in [1.82, 2.24) is 5.32 Å². The first-order valence-corrected chi connectivity index (χ1v) is 8.23. The van der Waals surface area contributed by atoms with Gasteiger partial charge in [-0.15, -0.1) is 0 Å². The Morgan fingerprint density at radius 3 is 2.70 bits per heavy atom. The molecule has 3 atom stereocenters. The molecule has 0 spiro atoms. The maximum Gasteiger partial charge on any atom is 0.0551 e. The second-order valence-corrected chi connectivity index (χ2v) is 6.43. The van der Waals surface area contributed by atoms with Gasteiger partial charge in [-0.05, 0) is 49.8 Å². The van der Waals surface area contributed by atoms with E-state index in [9.17, 15) is 0 Å². The highest BCUT2D eigenvalue weighted by Gasteiger charge is 2.33. The van der Waals surface area contributed by atoms with Crippen LogP contribution in [0.15, 0.2) is 24.3 Å². The van der Waals surface area contributed by atoms with Crippen LogP contribution in [0.1, 0.15) is 62.6 Å². The van der Waals surface area contributed by atoms with E-state index in [1.54, 1.807) is 5.56 Å². The van der Waals surface area contributed by atoms with Crippen molar-refractivity contribution < 1.29 is 4.74 Å². The van der Waals surface area contributed by atoms with Crippen molar-refractivity contribution in [3.05, 3.63) is 35.4 Å². The molecular weight excluding hydrogens is 246 g/mol. The monoisotopic (exact) mass is 273 g/mol. The van der Waals surface area contributed by atoms with E-state index in [1.807, 2.05) is 0 Å². The minimum atomic E-state index is 0.414. The second-order valence-electron chi connectivity index (χ2n) is 6.43. The first-order valence-electron chi connectivity index (χ1n) is 8.23. The highest BCUT2D eigenvalue weighted by Crippen LogP contribution is 2.42. The average molecular weight is 273 g/mol. The summed E-state index contributed by atoms with van der Waals surface area (Å²) in [7, 11) is 0. The molecule has 1 aliphatic carbocycles. The van der Waals surface area contributed by atoms with Crippen molar-refractivity contribution in [2.24, 2.45) is 5.92 Å². The number of benzene rings is 1. The number of hydrogen-bond acceptors (Lipinski definition) is 2. The zero-order valence-corrected chi connectivity index (χ0v) is 12.8. The lowest BCUT2D eigenvalue weighted by molar-refractivity contribution is 0.117. The molecule has 20 heavy (non-hydrogen) atoms. The molecule has 0 bridgehead atoms. The molecule has 1 N–H and O–H groups in total. The lowest BCUT2D eigenvalue weighted by atomic mass is 9.75. The largest absolute Gasteiger partial charge is 0.378 e. The van der Waals surface area contributed by atoms with E-state index < -0.39 is 0 Å². The summed E-state index contributed by atoms with van der Waals surface area (Å²) in [5.41, 5.74) is 3.12. The van der Waals surface area contributed by atoms with Gasteiger partial charge in [-0.3, -0.25) is 0 Å². The van der Waals surface area contributed by atoms with Crippen LogP contribution in [0.5, 0.6) is 0 Å². The summed E-state index contributed by atoms with van der Waals surface area (Å²) in [6.45, 7) is 6.32. The van der Waals surface area contributed by atoms with Crippen molar-refractivity contribution >= 4 is 0 Å². The third-order valence-corrected chi connectivity index (χ3v) is 5.00. The van der Waals surface area contributed by atoms with E-state index >= 15 is 0 Å². The minimum Gasteiger partial charge on any atom is -0.378 e. The molecule has 2 nitrogen and oxygen atoms in total. The Labute approximate surface area is 122 Å². The van der Waals surface area contributed by atoms with Crippen LogP contribution < -0.4 is 5.32 Å². The topological polar surface area (TPSA) is 21.3 Å². The van der Waals surface area contributed by atoms with Crippen LogP contribution in [0.4, 0.5) is 0 Å². The van der Waals surface area contributed by atoms with Gasteiger partial charge in [-0.25, -0.2) is 0 Å². The van der Waals surface area contributed by atoms with E-state index in [0.29, 0.717) is 18.1 Å². The quantitative estimate of drug-likeness (QED) is 0.874. The Hall–Kier alpha value is -0.860. The number of ether oxygens (including phenoxy) is 1.